The van der Waals surface area contributed by atoms with Gasteiger partial charge in [-0.25, -0.2) is 9.97 Å². The Hall–Kier alpha value is -1.24. The minimum atomic E-state index is 0.456. The number of aromatic nitrogens is 2. The van der Waals surface area contributed by atoms with Gasteiger partial charge in [0.25, 0.3) is 0 Å². The molecule has 2 saturated heterocycles. The van der Waals surface area contributed by atoms with Crippen LogP contribution in [0.1, 0.15) is 24.1 Å². The second kappa shape index (κ2) is 7.55. The smallest absolute Gasteiger partial charge is 0.316 e. The summed E-state index contributed by atoms with van der Waals surface area (Å²) in [6.45, 7) is 10.1. The molecule has 2 fully saturated rings. The summed E-state index contributed by atoms with van der Waals surface area (Å²) in [7, 11) is 3.85. The topological polar surface area (TPSA) is 44.7 Å². The first-order valence-corrected chi connectivity index (χ1v) is 8.67. The first-order valence-electron chi connectivity index (χ1n) is 8.67. The van der Waals surface area contributed by atoms with E-state index in [-0.39, 0.29) is 0 Å². The van der Waals surface area contributed by atoms with Crippen molar-refractivity contribution in [3.63, 3.8) is 0 Å². The molecule has 2 aliphatic heterocycles. The van der Waals surface area contributed by atoms with Crippen LogP contribution < -0.4 is 4.74 Å². The largest absolute Gasteiger partial charge is 0.467 e. The van der Waals surface area contributed by atoms with Crippen molar-refractivity contribution in [1.29, 1.82) is 0 Å². The Morgan fingerprint density at radius 3 is 2.65 bits per heavy atom. The number of methoxy groups -OCH3 is 1. The number of likely N-dealkylation sites (N-methyl/N-ethyl adjacent to an activating group) is 1. The number of likely N-dealkylation sites (tertiary alicyclic amines) is 1. The molecule has 1 aromatic rings. The lowest BCUT2D eigenvalue weighted by molar-refractivity contribution is 0.0567. The van der Waals surface area contributed by atoms with Gasteiger partial charge in [-0.05, 0) is 33.4 Å². The number of piperidine rings is 1. The lowest BCUT2D eigenvalue weighted by Crippen LogP contribution is -2.54. The van der Waals surface area contributed by atoms with Gasteiger partial charge in [0.2, 0.25) is 0 Å². The molecule has 0 N–H and O–H groups in total. The molecule has 0 aliphatic carbocycles. The van der Waals surface area contributed by atoms with Crippen LogP contribution in [0.2, 0.25) is 0 Å². The van der Waals surface area contributed by atoms with Crippen LogP contribution in [0.3, 0.4) is 0 Å². The lowest BCUT2D eigenvalue weighted by Gasteiger charge is -2.42. The Morgan fingerprint density at radius 1 is 1.22 bits per heavy atom. The molecule has 2 aliphatic rings. The fourth-order valence-electron chi connectivity index (χ4n) is 3.69. The third-order valence-corrected chi connectivity index (χ3v) is 5.16. The number of rotatable bonds is 4. The molecule has 128 valence electrons. The monoisotopic (exact) mass is 319 g/mol. The third-order valence-electron chi connectivity index (χ3n) is 5.16. The number of aryl methyl sites for hydroxylation is 1. The molecule has 6 nitrogen and oxygen atoms in total. The van der Waals surface area contributed by atoms with Crippen molar-refractivity contribution in [2.75, 3.05) is 53.4 Å². The maximum atomic E-state index is 5.08. The average Bonchev–Trinajstić information content (AvgIpc) is 2.57. The first kappa shape index (κ1) is 16.6. The highest BCUT2D eigenvalue weighted by Gasteiger charge is 2.27. The van der Waals surface area contributed by atoms with Crippen LogP contribution >= 0.6 is 0 Å². The molecular weight excluding hydrogens is 290 g/mol. The van der Waals surface area contributed by atoms with Crippen molar-refractivity contribution in [3.05, 3.63) is 17.5 Å². The van der Waals surface area contributed by atoms with E-state index in [9.17, 15) is 0 Å². The second-order valence-corrected chi connectivity index (χ2v) is 6.84. The van der Waals surface area contributed by atoms with Crippen molar-refractivity contribution in [3.8, 4) is 6.01 Å². The minimum Gasteiger partial charge on any atom is -0.467 e. The van der Waals surface area contributed by atoms with Crippen LogP contribution in [0.5, 0.6) is 6.01 Å². The van der Waals surface area contributed by atoms with Gasteiger partial charge in [0.15, 0.2) is 0 Å². The van der Waals surface area contributed by atoms with E-state index in [0.29, 0.717) is 6.01 Å². The van der Waals surface area contributed by atoms with Crippen molar-refractivity contribution in [2.24, 2.45) is 0 Å². The standard InChI is InChI=1S/C17H29N5O/c1-14-15(11-18-17(19-14)23-3)12-21-7-9-22(10-8-21)16-5-4-6-20(2)13-16/h11,16H,4-10,12-13H2,1-3H3. The number of nitrogens with zero attached hydrogens (tertiary/aromatic N) is 5. The Balaban J connectivity index is 1.51. The summed E-state index contributed by atoms with van der Waals surface area (Å²) >= 11 is 0. The Labute approximate surface area is 139 Å². The van der Waals surface area contributed by atoms with Gasteiger partial charge in [-0.2, -0.15) is 0 Å². The van der Waals surface area contributed by atoms with E-state index in [4.69, 9.17) is 4.74 Å². The molecule has 0 aromatic carbocycles. The molecular formula is C17H29N5O. The van der Waals surface area contributed by atoms with E-state index in [1.807, 2.05) is 13.1 Å². The Morgan fingerprint density at radius 2 is 2.00 bits per heavy atom. The molecule has 23 heavy (non-hydrogen) atoms. The molecule has 6 heteroatoms. The van der Waals surface area contributed by atoms with Crippen LogP contribution in [0.25, 0.3) is 0 Å². The zero-order valence-electron chi connectivity index (χ0n) is 14.7. The van der Waals surface area contributed by atoms with Gasteiger partial charge in [0, 0.05) is 62.8 Å². The molecule has 0 spiro atoms. The zero-order chi connectivity index (χ0) is 16.2. The van der Waals surface area contributed by atoms with Crippen molar-refractivity contribution in [2.45, 2.75) is 32.4 Å². The summed E-state index contributed by atoms with van der Waals surface area (Å²) in [6, 6.07) is 1.21. The van der Waals surface area contributed by atoms with Gasteiger partial charge < -0.3 is 9.64 Å². The summed E-state index contributed by atoms with van der Waals surface area (Å²) in [6.07, 6.45) is 4.60. The number of hydrogen-bond donors (Lipinski definition) is 0. The first-order chi connectivity index (χ1) is 11.2. The van der Waals surface area contributed by atoms with Crippen LogP contribution in [0.15, 0.2) is 6.20 Å². The van der Waals surface area contributed by atoms with Crippen LogP contribution in [-0.2, 0) is 6.54 Å². The number of ether oxygens (including phenoxy) is 1. The highest BCUT2D eigenvalue weighted by atomic mass is 16.5. The predicted molar refractivity (Wildman–Crippen MR) is 90.7 cm³/mol. The summed E-state index contributed by atoms with van der Waals surface area (Å²) < 4.78 is 5.08. The van der Waals surface area contributed by atoms with Crippen molar-refractivity contribution < 1.29 is 4.74 Å². The summed E-state index contributed by atoms with van der Waals surface area (Å²) in [5, 5.41) is 0. The zero-order valence-corrected chi connectivity index (χ0v) is 14.7. The van der Waals surface area contributed by atoms with Crippen molar-refractivity contribution in [1.82, 2.24) is 24.7 Å². The molecule has 3 heterocycles. The lowest BCUT2D eigenvalue weighted by atomic mass is 10.0. The van der Waals surface area contributed by atoms with Crippen molar-refractivity contribution >= 4 is 0 Å². The van der Waals surface area contributed by atoms with Gasteiger partial charge in [0.1, 0.15) is 0 Å². The summed E-state index contributed by atoms with van der Waals surface area (Å²) in [5.41, 5.74) is 2.23. The Kier molecular flexibility index (Phi) is 5.46. The normalized spacial score (nSPS) is 24.7. The fourth-order valence-corrected chi connectivity index (χ4v) is 3.69. The molecule has 0 saturated carbocycles. The van der Waals surface area contributed by atoms with Gasteiger partial charge in [-0.1, -0.05) is 0 Å². The molecule has 0 radical (unpaired) electrons. The maximum Gasteiger partial charge on any atom is 0.316 e. The third kappa shape index (κ3) is 4.19. The molecule has 0 bridgehead atoms. The quantitative estimate of drug-likeness (QED) is 0.825. The van der Waals surface area contributed by atoms with Gasteiger partial charge >= 0.3 is 6.01 Å². The van der Waals surface area contributed by atoms with E-state index in [0.717, 1.165) is 31.4 Å². The van der Waals surface area contributed by atoms with Gasteiger partial charge in [0.05, 0.1) is 7.11 Å². The van der Waals surface area contributed by atoms with Gasteiger partial charge in [-0.3, -0.25) is 9.80 Å². The van der Waals surface area contributed by atoms with Crippen LogP contribution in [-0.4, -0.2) is 84.1 Å². The van der Waals surface area contributed by atoms with Gasteiger partial charge in [-0.15, -0.1) is 0 Å². The van der Waals surface area contributed by atoms with E-state index in [1.165, 1.54) is 44.6 Å². The molecule has 1 atom stereocenters. The molecule has 0 amide bonds. The predicted octanol–water partition coefficient (Wildman–Crippen LogP) is 1.01. The molecule has 3 rings (SSSR count). The maximum absolute atomic E-state index is 5.08. The van der Waals surface area contributed by atoms with E-state index >= 15 is 0 Å². The summed E-state index contributed by atoms with van der Waals surface area (Å²) in [5.74, 6) is 0. The molecule has 1 aromatic heterocycles. The highest BCUT2D eigenvalue weighted by Crippen LogP contribution is 2.18. The second-order valence-electron chi connectivity index (χ2n) is 6.84. The van der Waals surface area contributed by atoms with E-state index in [2.05, 4.69) is 31.7 Å². The number of hydrogen-bond acceptors (Lipinski definition) is 6. The van der Waals surface area contributed by atoms with Crippen LogP contribution in [0, 0.1) is 6.92 Å². The van der Waals surface area contributed by atoms with E-state index < -0.39 is 0 Å². The van der Waals surface area contributed by atoms with E-state index in [1.54, 1.807) is 7.11 Å². The molecule has 1 unspecified atom stereocenters. The fraction of sp³-hybridized carbons (Fsp3) is 0.765. The number of piperazine rings is 1. The summed E-state index contributed by atoms with van der Waals surface area (Å²) in [4.78, 5) is 16.3. The minimum absolute atomic E-state index is 0.456. The highest BCUT2D eigenvalue weighted by molar-refractivity contribution is 5.17. The van der Waals surface area contributed by atoms with Crippen LogP contribution in [0.4, 0.5) is 0 Å². The SMILES string of the molecule is COc1ncc(CN2CCN(C3CCCN(C)C3)CC2)c(C)n1. The average molecular weight is 319 g/mol. The Bertz CT molecular complexity index is 516.